The van der Waals surface area contributed by atoms with Crippen LogP contribution in [-0.2, 0) is 29.4 Å². The topological polar surface area (TPSA) is 108 Å². The molecule has 3 N–H and O–H groups in total. The first-order valence-corrected chi connectivity index (χ1v) is 13.8. The monoisotopic (exact) mass is 523 g/mol. The van der Waals surface area contributed by atoms with Gasteiger partial charge in [-0.25, -0.2) is 4.79 Å². The number of nitrogens with zero attached hydrogens (tertiary/aromatic N) is 1. The highest BCUT2D eigenvalue weighted by Crippen LogP contribution is 2.47. The van der Waals surface area contributed by atoms with E-state index < -0.39 is 36.5 Å². The van der Waals surface area contributed by atoms with Gasteiger partial charge in [0.25, 0.3) is 0 Å². The average molecular weight is 524 g/mol. The normalized spacial score (nSPS) is 25.6. The fourth-order valence-electron chi connectivity index (χ4n) is 6.98. The summed E-state index contributed by atoms with van der Waals surface area (Å²) in [5, 5.41) is 9.66. The lowest BCUT2D eigenvalue weighted by molar-refractivity contribution is -0.956. The van der Waals surface area contributed by atoms with Crippen molar-refractivity contribution in [3.63, 3.8) is 0 Å². The number of nitrogens with two attached hydrogens (primary N) is 1. The van der Waals surface area contributed by atoms with Crippen LogP contribution in [-0.4, -0.2) is 71.7 Å². The summed E-state index contributed by atoms with van der Waals surface area (Å²) in [6.07, 6.45) is 5.41. The van der Waals surface area contributed by atoms with Crippen LogP contribution in [0, 0.1) is 0 Å². The second-order valence-electron chi connectivity index (χ2n) is 11.0. The van der Waals surface area contributed by atoms with Crippen molar-refractivity contribution in [2.24, 2.45) is 5.73 Å². The molecule has 0 saturated carbocycles. The highest BCUT2D eigenvalue weighted by Gasteiger charge is 2.57. The minimum Gasteiger partial charge on any atom is -0.459 e. The third kappa shape index (κ3) is 4.86. The van der Waals surface area contributed by atoms with Crippen molar-refractivity contribution in [2.45, 2.75) is 81.4 Å². The molecule has 204 valence electrons. The van der Waals surface area contributed by atoms with Gasteiger partial charge in [0.1, 0.15) is 12.1 Å². The second kappa shape index (κ2) is 11.1. The van der Waals surface area contributed by atoms with Gasteiger partial charge >= 0.3 is 11.9 Å². The summed E-state index contributed by atoms with van der Waals surface area (Å²) in [5.74, 6) is -1.34. The van der Waals surface area contributed by atoms with E-state index in [0.717, 1.165) is 12.8 Å². The van der Waals surface area contributed by atoms with E-state index in [2.05, 4.69) is 0 Å². The molecule has 3 aliphatic heterocycles. The molecule has 2 unspecified atom stereocenters. The third-order valence-electron chi connectivity index (χ3n) is 8.95. The van der Waals surface area contributed by atoms with Gasteiger partial charge in [0.15, 0.2) is 6.79 Å². The lowest BCUT2D eigenvalue weighted by Crippen LogP contribution is -2.60. The molecule has 2 bridgehead atoms. The highest BCUT2D eigenvalue weighted by atomic mass is 16.7. The summed E-state index contributed by atoms with van der Waals surface area (Å²) < 4.78 is 19.0. The van der Waals surface area contributed by atoms with Crippen LogP contribution in [0.3, 0.4) is 0 Å². The van der Waals surface area contributed by atoms with Crippen molar-refractivity contribution in [1.82, 2.24) is 0 Å². The number of aliphatic hydroxyl groups excluding tert-OH is 1. The molecule has 0 aliphatic carbocycles. The first-order chi connectivity index (χ1) is 18.4. The zero-order chi connectivity index (χ0) is 26.8. The molecule has 38 heavy (non-hydrogen) atoms. The number of esters is 2. The van der Waals surface area contributed by atoms with Gasteiger partial charge in [-0.2, -0.15) is 0 Å². The van der Waals surface area contributed by atoms with Crippen molar-refractivity contribution >= 4 is 11.9 Å². The van der Waals surface area contributed by atoms with Gasteiger partial charge in [-0.3, -0.25) is 4.79 Å². The first kappa shape index (κ1) is 26.8. The summed E-state index contributed by atoms with van der Waals surface area (Å²) in [6, 6.07) is 18.2. The van der Waals surface area contributed by atoms with Crippen molar-refractivity contribution < 1.29 is 33.4 Å². The van der Waals surface area contributed by atoms with Crippen LogP contribution in [0.25, 0.3) is 0 Å². The van der Waals surface area contributed by atoms with Gasteiger partial charge in [-0.05, 0) is 18.1 Å². The van der Waals surface area contributed by atoms with Gasteiger partial charge in [-0.15, -0.1) is 0 Å². The van der Waals surface area contributed by atoms with E-state index in [4.69, 9.17) is 19.9 Å². The van der Waals surface area contributed by atoms with Crippen LogP contribution in [0.1, 0.15) is 56.6 Å². The fourth-order valence-corrected chi connectivity index (χ4v) is 6.98. The van der Waals surface area contributed by atoms with Crippen molar-refractivity contribution in [2.75, 3.05) is 19.9 Å². The molecule has 3 aliphatic rings. The zero-order valence-electron chi connectivity index (χ0n) is 22.0. The number of benzene rings is 2. The number of hydrogen-bond donors (Lipinski definition) is 2. The molecule has 2 aromatic rings. The van der Waals surface area contributed by atoms with E-state index >= 15 is 0 Å². The Labute approximate surface area is 224 Å². The SMILES string of the molecule is C[C@@H](O)[C@H](N)C(=O)OCOC(C(=O)OC1CC2CCC(C1)[N+]21CCCC1)(c1ccccc1)c1ccccc1. The second-order valence-corrected chi connectivity index (χ2v) is 11.0. The van der Waals surface area contributed by atoms with Gasteiger partial charge in [0.2, 0.25) is 5.60 Å². The number of quaternary nitrogens is 1. The Morgan fingerprint density at radius 1 is 0.974 bits per heavy atom. The lowest BCUT2D eigenvalue weighted by Gasteiger charge is -2.47. The van der Waals surface area contributed by atoms with Gasteiger partial charge < -0.3 is 29.5 Å². The maximum atomic E-state index is 14.2. The minimum absolute atomic E-state index is 0.189. The molecule has 2 aromatic carbocycles. The Bertz CT molecular complexity index is 1050. The van der Waals surface area contributed by atoms with Crippen molar-refractivity contribution in [3.8, 4) is 0 Å². The molecule has 0 radical (unpaired) electrons. The third-order valence-corrected chi connectivity index (χ3v) is 8.95. The van der Waals surface area contributed by atoms with Crippen LogP contribution in [0.2, 0.25) is 0 Å². The summed E-state index contributed by atoms with van der Waals surface area (Å²) >= 11 is 0. The number of piperidine rings is 1. The predicted octanol–water partition coefficient (Wildman–Crippen LogP) is 3.00. The Hall–Kier alpha value is -2.78. The van der Waals surface area contributed by atoms with Crippen molar-refractivity contribution in [3.05, 3.63) is 71.8 Å². The molecule has 3 saturated heterocycles. The standard InChI is InChI=1S/C30H39N2O6/c1-21(33)27(31)28(34)36-20-37-30(22-10-4-2-5-11-22,23-12-6-3-7-13-23)29(35)38-26-18-24-14-15-25(19-26)32(24)16-8-9-17-32/h2-7,10-13,21,24-27,33H,8-9,14-20,31H2,1H3/q+1/t21-,24?,25?,26?,27+/m1/s1. The molecule has 0 aromatic heterocycles. The number of aliphatic hydroxyl groups is 1. The van der Waals surface area contributed by atoms with E-state index in [1.54, 1.807) is 0 Å². The molecule has 8 nitrogen and oxygen atoms in total. The van der Waals surface area contributed by atoms with Crippen LogP contribution in [0.5, 0.6) is 0 Å². The predicted molar refractivity (Wildman–Crippen MR) is 141 cm³/mol. The molecule has 3 heterocycles. The first-order valence-electron chi connectivity index (χ1n) is 13.8. The van der Waals surface area contributed by atoms with E-state index in [0.29, 0.717) is 23.2 Å². The van der Waals surface area contributed by atoms with E-state index in [-0.39, 0.29) is 6.10 Å². The van der Waals surface area contributed by atoms with Crippen molar-refractivity contribution in [1.29, 1.82) is 0 Å². The summed E-state index contributed by atoms with van der Waals surface area (Å²) in [6.45, 7) is 3.37. The molecule has 5 rings (SSSR count). The molecule has 4 atom stereocenters. The van der Waals surface area contributed by atoms with Crippen LogP contribution < -0.4 is 5.73 Å². The lowest BCUT2D eigenvalue weighted by atomic mass is 9.85. The number of hydrogen-bond acceptors (Lipinski definition) is 7. The maximum Gasteiger partial charge on any atom is 0.348 e. The molecule has 0 amide bonds. The number of carbonyl (C=O) groups is 2. The summed E-state index contributed by atoms with van der Waals surface area (Å²) in [7, 11) is 0. The van der Waals surface area contributed by atoms with Crippen LogP contribution in [0.4, 0.5) is 0 Å². The Morgan fingerprint density at radius 2 is 1.50 bits per heavy atom. The molecule has 3 fully saturated rings. The quantitative estimate of drug-likeness (QED) is 0.296. The van der Waals surface area contributed by atoms with Gasteiger partial charge in [0.05, 0.1) is 31.3 Å². The molecule has 8 heteroatoms. The smallest absolute Gasteiger partial charge is 0.348 e. The summed E-state index contributed by atoms with van der Waals surface area (Å²) in [4.78, 5) is 26.6. The largest absolute Gasteiger partial charge is 0.459 e. The van der Waals surface area contributed by atoms with Gasteiger partial charge in [-0.1, -0.05) is 60.7 Å². The molecule has 1 spiro atoms. The Morgan fingerprint density at radius 3 is 2.00 bits per heavy atom. The average Bonchev–Trinajstić information content (AvgIpc) is 3.48. The van der Waals surface area contributed by atoms with Crippen LogP contribution in [0.15, 0.2) is 60.7 Å². The Balaban J connectivity index is 1.42. The fraction of sp³-hybridized carbons (Fsp3) is 0.533. The zero-order valence-corrected chi connectivity index (χ0v) is 22.0. The molecular formula is C30H39N2O6+. The Kier molecular flexibility index (Phi) is 7.86. The van der Waals surface area contributed by atoms with E-state index in [1.807, 2.05) is 60.7 Å². The van der Waals surface area contributed by atoms with Gasteiger partial charge in [0, 0.05) is 38.5 Å². The maximum absolute atomic E-state index is 14.2. The summed E-state index contributed by atoms with van der Waals surface area (Å²) in [5.41, 5.74) is 5.23. The highest BCUT2D eigenvalue weighted by molar-refractivity contribution is 5.86. The number of ether oxygens (including phenoxy) is 3. The number of rotatable bonds is 9. The number of carbonyl (C=O) groups excluding carboxylic acids is 2. The van der Waals surface area contributed by atoms with E-state index in [9.17, 15) is 14.7 Å². The minimum atomic E-state index is -1.64. The van der Waals surface area contributed by atoms with Crippen LogP contribution >= 0.6 is 0 Å². The molecular weight excluding hydrogens is 484 g/mol. The van der Waals surface area contributed by atoms with E-state index in [1.165, 1.54) is 50.2 Å².